The summed E-state index contributed by atoms with van der Waals surface area (Å²) in [4.78, 5) is 26.9. The Labute approximate surface area is 169 Å². The van der Waals surface area contributed by atoms with E-state index in [1.807, 2.05) is 42.5 Å². The molecule has 6 nitrogen and oxygen atoms in total. The SMILES string of the molecule is O=C(NCCC[NH+]1CCOCC1)c1oc(=O)c2ccccc2c1-c1ccccc1. The molecule has 0 unspecified atom stereocenters. The number of carbonyl (C=O) groups is 1. The van der Waals surface area contributed by atoms with Crippen LogP contribution in [0.5, 0.6) is 0 Å². The van der Waals surface area contributed by atoms with Crippen molar-refractivity contribution in [3.05, 3.63) is 70.8 Å². The lowest BCUT2D eigenvalue weighted by Gasteiger charge is -2.23. The molecule has 1 aromatic heterocycles. The summed E-state index contributed by atoms with van der Waals surface area (Å²) < 4.78 is 10.9. The fourth-order valence-electron chi connectivity index (χ4n) is 3.78. The monoisotopic (exact) mass is 393 g/mol. The summed E-state index contributed by atoms with van der Waals surface area (Å²) in [6, 6.07) is 16.8. The molecule has 6 heteroatoms. The van der Waals surface area contributed by atoms with E-state index in [-0.39, 0.29) is 11.7 Å². The van der Waals surface area contributed by atoms with Gasteiger partial charge in [-0.2, -0.15) is 0 Å². The van der Waals surface area contributed by atoms with Gasteiger partial charge in [-0.3, -0.25) is 4.79 Å². The van der Waals surface area contributed by atoms with Crippen LogP contribution in [0.4, 0.5) is 0 Å². The average Bonchev–Trinajstić information content (AvgIpc) is 2.78. The Morgan fingerprint density at radius 3 is 2.41 bits per heavy atom. The van der Waals surface area contributed by atoms with E-state index in [0.717, 1.165) is 50.2 Å². The van der Waals surface area contributed by atoms with Gasteiger partial charge in [0.2, 0.25) is 5.76 Å². The van der Waals surface area contributed by atoms with E-state index in [9.17, 15) is 9.59 Å². The van der Waals surface area contributed by atoms with Crippen molar-refractivity contribution in [3.8, 4) is 11.1 Å². The van der Waals surface area contributed by atoms with Crippen molar-refractivity contribution >= 4 is 16.7 Å². The zero-order valence-corrected chi connectivity index (χ0v) is 16.3. The Morgan fingerprint density at radius 1 is 0.966 bits per heavy atom. The number of hydrogen-bond donors (Lipinski definition) is 2. The summed E-state index contributed by atoms with van der Waals surface area (Å²) in [6.45, 7) is 5.12. The smallest absolute Gasteiger partial charge is 0.344 e. The van der Waals surface area contributed by atoms with Crippen LogP contribution in [-0.4, -0.2) is 45.3 Å². The lowest BCUT2D eigenvalue weighted by atomic mass is 9.98. The third-order valence-electron chi connectivity index (χ3n) is 5.30. The van der Waals surface area contributed by atoms with Crippen LogP contribution in [0.3, 0.4) is 0 Å². The Bertz CT molecular complexity index is 1040. The topological polar surface area (TPSA) is 73.0 Å². The molecule has 3 aromatic rings. The minimum atomic E-state index is -0.497. The van der Waals surface area contributed by atoms with Crippen molar-refractivity contribution in [2.45, 2.75) is 6.42 Å². The fourth-order valence-corrected chi connectivity index (χ4v) is 3.78. The van der Waals surface area contributed by atoms with Gasteiger partial charge < -0.3 is 19.4 Å². The largest absolute Gasteiger partial charge is 0.416 e. The summed E-state index contributed by atoms with van der Waals surface area (Å²) in [5.74, 6) is -0.290. The van der Waals surface area contributed by atoms with Gasteiger partial charge in [-0.15, -0.1) is 0 Å². The van der Waals surface area contributed by atoms with Gasteiger partial charge in [0.1, 0.15) is 13.1 Å². The van der Waals surface area contributed by atoms with Gasteiger partial charge in [0, 0.05) is 23.9 Å². The van der Waals surface area contributed by atoms with Crippen molar-refractivity contribution in [2.75, 3.05) is 39.4 Å². The van der Waals surface area contributed by atoms with E-state index in [0.29, 0.717) is 17.5 Å². The van der Waals surface area contributed by atoms with E-state index in [2.05, 4.69) is 5.32 Å². The molecule has 0 radical (unpaired) electrons. The van der Waals surface area contributed by atoms with Crippen molar-refractivity contribution in [2.24, 2.45) is 0 Å². The molecule has 1 aliphatic rings. The second-order valence-electron chi connectivity index (χ2n) is 7.23. The van der Waals surface area contributed by atoms with E-state index in [4.69, 9.17) is 9.15 Å². The number of benzene rings is 2. The van der Waals surface area contributed by atoms with E-state index in [1.165, 1.54) is 4.90 Å². The standard InChI is InChI=1S/C23H24N2O4/c26-22(24-11-6-12-25-13-15-28-16-14-25)21-20(17-7-2-1-3-8-17)18-9-4-5-10-19(18)23(27)29-21/h1-5,7-10H,6,11-16H2,(H,24,26)/p+1. The highest BCUT2D eigenvalue weighted by molar-refractivity contribution is 6.07. The summed E-state index contributed by atoms with van der Waals surface area (Å²) >= 11 is 0. The zero-order chi connectivity index (χ0) is 20.1. The zero-order valence-electron chi connectivity index (χ0n) is 16.3. The number of nitrogens with one attached hydrogen (secondary N) is 2. The predicted molar refractivity (Wildman–Crippen MR) is 111 cm³/mol. The summed E-state index contributed by atoms with van der Waals surface area (Å²) in [6.07, 6.45) is 0.861. The number of fused-ring (bicyclic) bond motifs is 1. The first-order chi connectivity index (χ1) is 14.2. The van der Waals surface area contributed by atoms with Gasteiger partial charge in [-0.1, -0.05) is 48.5 Å². The van der Waals surface area contributed by atoms with E-state index in [1.54, 1.807) is 12.1 Å². The van der Waals surface area contributed by atoms with Gasteiger partial charge in [-0.25, -0.2) is 4.79 Å². The number of morpholine rings is 1. The van der Waals surface area contributed by atoms with E-state index >= 15 is 0 Å². The van der Waals surface area contributed by atoms with Crippen LogP contribution < -0.4 is 15.8 Å². The maximum absolute atomic E-state index is 12.9. The minimum Gasteiger partial charge on any atom is -0.416 e. The molecule has 1 amide bonds. The van der Waals surface area contributed by atoms with Gasteiger partial charge >= 0.3 is 5.63 Å². The Kier molecular flexibility index (Phi) is 6.03. The quantitative estimate of drug-likeness (QED) is 0.623. The first kappa shape index (κ1) is 19.4. The predicted octanol–water partition coefficient (Wildman–Crippen LogP) is 1.50. The molecule has 2 heterocycles. The molecule has 2 N–H and O–H groups in total. The number of hydrogen-bond acceptors (Lipinski definition) is 4. The summed E-state index contributed by atoms with van der Waals surface area (Å²) in [5, 5.41) is 4.12. The number of ether oxygens (including phenoxy) is 1. The van der Waals surface area contributed by atoms with Crippen molar-refractivity contribution < 1.29 is 18.8 Å². The molecule has 0 saturated carbocycles. The summed E-state index contributed by atoms with van der Waals surface area (Å²) in [5.41, 5.74) is 0.996. The van der Waals surface area contributed by atoms with E-state index < -0.39 is 5.63 Å². The second kappa shape index (κ2) is 9.03. The highest BCUT2D eigenvalue weighted by Crippen LogP contribution is 2.30. The fraction of sp³-hybridized carbons (Fsp3) is 0.304. The van der Waals surface area contributed by atoms with Crippen molar-refractivity contribution in [1.29, 1.82) is 0 Å². The first-order valence-electron chi connectivity index (χ1n) is 10.0. The average molecular weight is 393 g/mol. The molecule has 1 fully saturated rings. The van der Waals surface area contributed by atoms with Crippen LogP contribution in [-0.2, 0) is 4.74 Å². The van der Waals surface area contributed by atoms with Crippen LogP contribution in [0.2, 0.25) is 0 Å². The lowest BCUT2D eigenvalue weighted by molar-refractivity contribution is -0.908. The molecule has 1 saturated heterocycles. The van der Waals surface area contributed by atoms with Crippen LogP contribution in [0.25, 0.3) is 21.9 Å². The molecular weight excluding hydrogens is 368 g/mol. The van der Waals surface area contributed by atoms with Crippen LogP contribution >= 0.6 is 0 Å². The van der Waals surface area contributed by atoms with Crippen LogP contribution in [0, 0.1) is 0 Å². The third kappa shape index (κ3) is 4.39. The number of amides is 1. The second-order valence-corrected chi connectivity index (χ2v) is 7.23. The summed E-state index contributed by atoms with van der Waals surface area (Å²) in [7, 11) is 0. The number of quaternary nitrogens is 1. The van der Waals surface area contributed by atoms with Gasteiger partial charge in [0.25, 0.3) is 5.91 Å². The first-order valence-corrected chi connectivity index (χ1v) is 10.0. The molecule has 2 aromatic carbocycles. The van der Waals surface area contributed by atoms with Gasteiger partial charge in [-0.05, 0) is 11.6 Å². The molecule has 29 heavy (non-hydrogen) atoms. The Hall–Kier alpha value is -2.96. The molecule has 4 rings (SSSR count). The maximum Gasteiger partial charge on any atom is 0.344 e. The molecule has 150 valence electrons. The molecule has 0 aliphatic carbocycles. The number of carbonyl (C=O) groups excluding carboxylic acids is 1. The third-order valence-corrected chi connectivity index (χ3v) is 5.30. The minimum absolute atomic E-state index is 0.0682. The number of rotatable bonds is 6. The van der Waals surface area contributed by atoms with Crippen LogP contribution in [0.15, 0.2) is 63.8 Å². The molecule has 1 aliphatic heterocycles. The van der Waals surface area contributed by atoms with Crippen molar-refractivity contribution in [3.63, 3.8) is 0 Å². The maximum atomic E-state index is 12.9. The lowest BCUT2D eigenvalue weighted by Crippen LogP contribution is -3.14. The van der Waals surface area contributed by atoms with Crippen molar-refractivity contribution in [1.82, 2.24) is 5.32 Å². The van der Waals surface area contributed by atoms with Gasteiger partial charge in [0.15, 0.2) is 0 Å². The normalized spacial score (nSPS) is 14.8. The Morgan fingerprint density at radius 2 is 1.66 bits per heavy atom. The van der Waals surface area contributed by atoms with Gasteiger partial charge in [0.05, 0.1) is 25.1 Å². The molecule has 0 bridgehead atoms. The highest BCUT2D eigenvalue weighted by Gasteiger charge is 2.21. The Balaban J connectivity index is 1.57. The molecule has 0 spiro atoms. The molecule has 0 atom stereocenters. The molecular formula is C23H25N2O4+. The van der Waals surface area contributed by atoms with Crippen LogP contribution in [0.1, 0.15) is 17.0 Å². The highest BCUT2D eigenvalue weighted by atomic mass is 16.5.